The maximum Gasteiger partial charge on any atom is 0.125 e. The van der Waals surface area contributed by atoms with Crippen molar-refractivity contribution in [1.82, 2.24) is 0 Å². The Bertz CT molecular complexity index is 166. The van der Waals surface area contributed by atoms with E-state index in [1.807, 2.05) is 6.92 Å². The molecule has 0 spiro atoms. The highest BCUT2D eigenvalue weighted by Crippen LogP contribution is 1.98. The van der Waals surface area contributed by atoms with E-state index < -0.39 is 0 Å². The van der Waals surface area contributed by atoms with Crippen LogP contribution in [0.15, 0.2) is 22.6 Å². The Kier molecular flexibility index (Phi) is 5.35. The maximum absolute atomic E-state index is 4.23. The second-order valence-corrected chi connectivity index (χ2v) is 2.50. The third-order valence-electron chi connectivity index (χ3n) is 1.15. The summed E-state index contributed by atoms with van der Waals surface area (Å²) in [7, 11) is 0. The molecule has 0 unspecified atom stereocenters. The van der Waals surface area contributed by atoms with Crippen LogP contribution in [0.4, 0.5) is 0 Å². The normalized spacial score (nSPS) is 12.9. The molecule has 0 amide bonds. The molecule has 2 nitrogen and oxygen atoms in total. The van der Waals surface area contributed by atoms with Gasteiger partial charge in [-0.2, -0.15) is 0 Å². The van der Waals surface area contributed by atoms with Crippen molar-refractivity contribution in [2.45, 2.75) is 20.8 Å². The number of nitrogens with zero attached hydrogens (tertiary/aromatic N) is 2. The fourth-order valence-corrected chi connectivity index (χ4v) is 0.664. The number of hydrogen-bond donors (Lipinski definition) is 0. The molecule has 0 radical (unpaired) electrons. The lowest BCUT2D eigenvalue weighted by molar-refractivity contribution is 0.861. The first-order chi connectivity index (χ1) is 5.22. The van der Waals surface area contributed by atoms with Crippen LogP contribution in [0.3, 0.4) is 0 Å². The zero-order valence-corrected chi connectivity index (χ0v) is 7.54. The van der Waals surface area contributed by atoms with Gasteiger partial charge in [0.1, 0.15) is 5.84 Å². The first-order valence-electron chi connectivity index (χ1n) is 3.91. The van der Waals surface area contributed by atoms with E-state index in [9.17, 15) is 0 Å². The summed E-state index contributed by atoms with van der Waals surface area (Å²) < 4.78 is 0. The van der Waals surface area contributed by atoms with Gasteiger partial charge < -0.3 is 0 Å². The van der Waals surface area contributed by atoms with E-state index in [-0.39, 0.29) is 0 Å². The first kappa shape index (κ1) is 10.1. The molecule has 11 heavy (non-hydrogen) atoms. The molecule has 0 aliphatic heterocycles. The molecule has 0 aromatic heterocycles. The van der Waals surface area contributed by atoms with E-state index in [2.05, 4.69) is 30.4 Å². The minimum absolute atomic E-state index is 0.395. The van der Waals surface area contributed by atoms with E-state index in [4.69, 9.17) is 0 Å². The number of hydrogen-bond acceptors (Lipinski definition) is 1. The van der Waals surface area contributed by atoms with Crippen LogP contribution < -0.4 is 0 Å². The predicted octanol–water partition coefficient (Wildman–Crippen LogP) is 2.32. The third-order valence-corrected chi connectivity index (χ3v) is 1.15. The molecule has 0 saturated carbocycles. The van der Waals surface area contributed by atoms with Gasteiger partial charge in [-0.15, -0.1) is 0 Å². The largest absolute Gasteiger partial charge is 0.271 e. The van der Waals surface area contributed by atoms with Gasteiger partial charge in [0.25, 0.3) is 0 Å². The third kappa shape index (κ3) is 4.48. The van der Waals surface area contributed by atoms with Crippen molar-refractivity contribution in [2.75, 3.05) is 6.54 Å². The molecule has 0 atom stereocenters. The fraction of sp³-hybridized carbons (Fsp3) is 0.556. The Morgan fingerprint density at radius 2 is 2.18 bits per heavy atom. The molecule has 0 aliphatic rings. The van der Waals surface area contributed by atoms with Crippen LogP contribution in [0.1, 0.15) is 20.8 Å². The smallest absolute Gasteiger partial charge is 0.125 e. The average Bonchev–Trinajstić information content (AvgIpc) is 1.97. The Morgan fingerprint density at radius 1 is 1.55 bits per heavy atom. The molecule has 0 aromatic rings. The summed E-state index contributed by atoms with van der Waals surface area (Å²) in [5, 5.41) is 0. The van der Waals surface area contributed by atoms with Crippen molar-refractivity contribution in [2.24, 2.45) is 15.9 Å². The van der Waals surface area contributed by atoms with E-state index in [0.29, 0.717) is 5.92 Å². The molecule has 62 valence electrons. The fourth-order valence-electron chi connectivity index (χ4n) is 0.664. The van der Waals surface area contributed by atoms with Gasteiger partial charge in [-0.3, -0.25) is 4.99 Å². The average molecular weight is 152 g/mol. The van der Waals surface area contributed by atoms with Gasteiger partial charge >= 0.3 is 0 Å². The second kappa shape index (κ2) is 5.83. The van der Waals surface area contributed by atoms with Crippen LogP contribution in [-0.4, -0.2) is 18.6 Å². The van der Waals surface area contributed by atoms with Gasteiger partial charge in [0.15, 0.2) is 0 Å². The van der Waals surface area contributed by atoms with Crippen molar-refractivity contribution >= 4 is 12.1 Å². The molecular formula is C9H16N2. The summed E-state index contributed by atoms with van der Waals surface area (Å²) in [5.74, 6) is 1.29. The van der Waals surface area contributed by atoms with Crippen molar-refractivity contribution in [3.8, 4) is 0 Å². The van der Waals surface area contributed by atoms with Crippen LogP contribution in [0.2, 0.25) is 0 Å². The van der Waals surface area contributed by atoms with E-state index >= 15 is 0 Å². The number of amidine groups is 1. The number of allylic oxidation sites excluding steroid dienone is 1. The lowest BCUT2D eigenvalue weighted by atomic mass is 10.2. The molecule has 0 heterocycles. The van der Waals surface area contributed by atoms with Gasteiger partial charge in [0.2, 0.25) is 0 Å². The van der Waals surface area contributed by atoms with Gasteiger partial charge in [-0.25, -0.2) is 4.99 Å². The molecule has 2 heteroatoms. The molecule has 0 N–H and O–H groups in total. The maximum atomic E-state index is 4.23. The van der Waals surface area contributed by atoms with Gasteiger partial charge in [-0.1, -0.05) is 26.5 Å². The topological polar surface area (TPSA) is 24.7 Å². The SMILES string of the molecule is C=CC=NC(=NCC)C(C)C. The molecule has 0 bridgehead atoms. The monoisotopic (exact) mass is 152 g/mol. The van der Waals surface area contributed by atoms with Crippen LogP contribution in [-0.2, 0) is 0 Å². The number of aliphatic imine (C=N–C) groups is 2. The quantitative estimate of drug-likeness (QED) is 0.438. The summed E-state index contributed by atoms with van der Waals surface area (Å²) in [4.78, 5) is 8.37. The van der Waals surface area contributed by atoms with Crippen molar-refractivity contribution < 1.29 is 0 Å². The highest BCUT2D eigenvalue weighted by Gasteiger charge is 1.99. The highest BCUT2D eigenvalue weighted by atomic mass is 14.9. The molecule has 0 aliphatic carbocycles. The van der Waals surface area contributed by atoms with E-state index in [1.165, 1.54) is 0 Å². The summed E-state index contributed by atoms with van der Waals surface area (Å²) >= 11 is 0. The zero-order chi connectivity index (χ0) is 8.69. The molecule has 0 aromatic carbocycles. The Hall–Kier alpha value is -0.920. The zero-order valence-electron chi connectivity index (χ0n) is 7.54. The summed E-state index contributed by atoms with van der Waals surface area (Å²) in [5.41, 5.74) is 0. The summed E-state index contributed by atoms with van der Waals surface area (Å²) in [6.45, 7) is 10.5. The van der Waals surface area contributed by atoms with Crippen molar-refractivity contribution in [3.05, 3.63) is 12.7 Å². The van der Waals surface area contributed by atoms with Gasteiger partial charge in [0, 0.05) is 18.7 Å². The van der Waals surface area contributed by atoms with Gasteiger partial charge in [-0.05, 0) is 6.92 Å². The molecule has 0 fully saturated rings. The molecule has 0 rings (SSSR count). The standard InChI is InChI=1S/C9H16N2/c1-5-7-11-9(8(3)4)10-6-2/h5,7-8H,1,6H2,2-4H3. The first-order valence-corrected chi connectivity index (χ1v) is 3.91. The second-order valence-electron chi connectivity index (χ2n) is 2.50. The molecule has 0 saturated heterocycles. The lowest BCUT2D eigenvalue weighted by Gasteiger charge is -2.02. The van der Waals surface area contributed by atoms with Crippen LogP contribution in [0.5, 0.6) is 0 Å². The van der Waals surface area contributed by atoms with Crippen molar-refractivity contribution in [3.63, 3.8) is 0 Å². The summed E-state index contributed by atoms with van der Waals surface area (Å²) in [6, 6.07) is 0. The van der Waals surface area contributed by atoms with Crippen molar-refractivity contribution in [1.29, 1.82) is 0 Å². The Morgan fingerprint density at radius 3 is 2.55 bits per heavy atom. The summed E-state index contributed by atoms with van der Waals surface area (Å²) in [6.07, 6.45) is 3.34. The molecular weight excluding hydrogens is 136 g/mol. The van der Waals surface area contributed by atoms with Crippen LogP contribution in [0.25, 0.3) is 0 Å². The minimum Gasteiger partial charge on any atom is -0.271 e. The lowest BCUT2D eigenvalue weighted by Crippen LogP contribution is -2.04. The van der Waals surface area contributed by atoms with Gasteiger partial charge in [0.05, 0.1) is 0 Å². The predicted molar refractivity (Wildman–Crippen MR) is 51.5 cm³/mol. The highest BCUT2D eigenvalue weighted by molar-refractivity contribution is 5.93. The van der Waals surface area contributed by atoms with E-state index in [1.54, 1.807) is 12.3 Å². The van der Waals surface area contributed by atoms with Crippen LogP contribution in [0, 0.1) is 5.92 Å². The Balaban J connectivity index is 4.22. The van der Waals surface area contributed by atoms with Crippen LogP contribution >= 0.6 is 0 Å². The van der Waals surface area contributed by atoms with E-state index in [0.717, 1.165) is 12.4 Å². The number of rotatable bonds is 3. The minimum atomic E-state index is 0.395. The Labute approximate surface area is 68.8 Å².